The van der Waals surface area contributed by atoms with Gasteiger partial charge in [0.05, 0.1) is 0 Å². The minimum atomic E-state index is -0.0429. The molecule has 0 unspecified atom stereocenters. The third kappa shape index (κ3) is 5.63. The van der Waals surface area contributed by atoms with Gasteiger partial charge in [0, 0.05) is 22.1 Å². The summed E-state index contributed by atoms with van der Waals surface area (Å²) in [7, 11) is 0. The van der Waals surface area contributed by atoms with Gasteiger partial charge in [-0.15, -0.1) is 0 Å². The van der Waals surface area contributed by atoms with Crippen molar-refractivity contribution < 1.29 is 0 Å². The topological polar surface area (TPSA) is 38.7 Å². The van der Waals surface area contributed by atoms with Crippen LogP contribution in [0.4, 0.5) is 0 Å². The molecule has 0 saturated carbocycles. The molecule has 0 aliphatic heterocycles. The summed E-state index contributed by atoms with van der Waals surface area (Å²) >= 11 is 0. The average Bonchev–Trinajstić information content (AvgIpc) is 3.44. The van der Waals surface area contributed by atoms with E-state index < -0.39 is 0 Å². The Hall–Kier alpha value is -6.45. The Labute approximate surface area is 299 Å². The second kappa shape index (κ2) is 12.5. The number of hydrogen-bond donors (Lipinski definition) is 0. The molecule has 51 heavy (non-hydrogen) atoms. The van der Waals surface area contributed by atoms with Crippen LogP contribution in [0.2, 0.25) is 0 Å². The molecule has 0 atom stereocenters. The first kappa shape index (κ1) is 30.6. The molecule has 0 radical (unpaired) electrons. The molecular weight excluding hydrogens is 619 g/mol. The maximum Gasteiger partial charge on any atom is 0.164 e. The molecule has 242 valence electrons. The number of rotatable bonds is 6. The van der Waals surface area contributed by atoms with E-state index in [1.54, 1.807) is 0 Å². The number of nitrogens with zero attached hydrogens (tertiary/aromatic N) is 3. The quantitative estimate of drug-likeness (QED) is 0.179. The highest BCUT2D eigenvalue weighted by Crippen LogP contribution is 2.49. The van der Waals surface area contributed by atoms with E-state index in [-0.39, 0.29) is 5.41 Å². The summed E-state index contributed by atoms with van der Waals surface area (Å²) in [6.45, 7) is 4.66. The summed E-state index contributed by atoms with van der Waals surface area (Å²) in [6.07, 6.45) is 0. The molecule has 0 amide bonds. The third-order valence-electron chi connectivity index (χ3n) is 10.1. The molecule has 3 nitrogen and oxygen atoms in total. The summed E-state index contributed by atoms with van der Waals surface area (Å²) in [5.41, 5.74) is 15.2. The van der Waals surface area contributed by atoms with Gasteiger partial charge in [0.1, 0.15) is 0 Å². The lowest BCUT2D eigenvalue weighted by atomic mass is 9.81. The number of benzene rings is 7. The van der Waals surface area contributed by atoms with Crippen LogP contribution >= 0.6 is 0 Å². The largest absolute Gasteiger partial charge is 0.208 e. The first-order chi connectivity index (χ1) is 25.0. The molecular formula is C48H35N3. The lowest BCUT2D eigenvalue weighted by molar-refractivity contribution is 0.660. The minimum Gasteiger partial charge on any atom is -0.208 e. The first-order valence-corrected chi connectivity index (χ1v) is 17.4. The predicted molar refractivity (Wildman–Crippen MR) is 210 cm³/mol. The van der Waals surface area contributed by atoms with Gasteiger partial charge < -0.3 is 0 Å². The summed E-state index contributed by atoms with van der Waals surface area (Å²) in [5, 5.41) is 0. The maximum absolute atomic E-state index is 5.08. The molecule has 0 spiro atoms. The first-order valence-electron chi connectivity index (χ1n) is 17.4. The van der Waals surface area contributed by atoms with Crippen molar-refractivity contribution in [2.75, 3.05) is 0 Å². The lowest BCUT2D eigenvalue weighted by Gasteiger charge is -2.22. The Balaban J connectivity index is 1.10. The fourth-order valence-electron chi connectivity index (χ4n) is 7.42. The van der Waals surface area contributed by atoms with Gasteiger partial charge in [-0.25, -0.2) is 15.0 Å². The van der Waals surface area contributed by atoms with Crippen molar-refractivity contribution in [3.63, 3.8) is 0 Å². The highest BCUT2D eigenvalue weighted by Gasteiger charge is 2.35. The maximum atomic E-state index is 5.08. The van der Waals surface area contributed by atoms with Crippen molar-refractivity contribution in [1.29, 1.82) is 0 Å². The summed E-state index contributed by atoms with van der Waals surface area (Å²) in [5.74, 6) is 1.93. The molecule has 8 aromatic rings. The lowest BCUT2D eigenvalue weighted by Crippen LogP contribution is -2.14. The highest BCUT2D eigenvalue weighted by molar-refractivity contribution is 5.84. The minimum absolute atomic E-state index is 0.0429. The zero-order chi connectivity index (χ0) is 34.4. The van der Waals surface area contributed by atoms with Gasteiger partial charge in [0.25, 0.3) is 0 Å². The van der Waals surface area contributed by atoms with Crippen LogP contribution in [0.3, 0.4) is 0 Å². The van der Waals surface area contributed by atoms with E-state index in [0.29, 0.717) is 17.5 Å². The predicted octanol–water partition coefficient (Wildman–Crippen LogP) is 12.2. The van der Waals surface area contributed by atoms with Crippen LogP contribution in [-0.4, -0.2) is 15.0 Å². The SMILES string of the molecule is CC1(C)c2ccccc2-c2ccc(-c3cccc(-c4cccc(-c5nc(-c6ccccc6)nc(-c6cccc(-c7ccccc7)c6)n5)c4)c3)cc21. The zero-order valence-corrected chi connectivity index (χ0v) is 28.6. The zero-order valence-electron chi connectivity index (χ0n) is 28.6. The van der Waals surface area contributed by atoms with E-state index in [4.69, 9.17) is 15.0 Å². The summed E-state index contributed by atoms with van der Waals surface area (Å²) < 4.78 is 0. The Morgan fingerprint density at radius 3 is 1.27 bits per heavy atom. The average molecular weight is 654 g/mol. The fourth-order valence-corrected chi connectivity index (χ4v) is 7.42. The molecule has 0 fully saturated rings. The summed E-state index contributed by atoms with van der Waals surface area (Å²) in [6, 6.07) is 62.1. The molecule has 3 heteroatoms. The van der Waals surface area contributed by atoms with Crippen LogP contribution in [0.15, 0.2) is 176 Å². The molecule has 0 bridgehead atoms. The van der Waals surface area contributed by atoms with Crippen LogP contribution in [0.25, 0.3) is 78.7 Å². The molecule has 1 aliphatic carbocycles. The number of fused-ring (bicyclic) bond motifs is 3. The van der Waals surface area contributed by atoms with Crippen molar-refractivity contribution in [1.82, 2.24) is 15.0 Å². The van der Waals surface area contributed by atoms with Crippen LogP contribution in [0.5, 0.6) is 0 Å². The second-order valence-electron chi connectivity index (χ2n) is 13.7. The van der Waals surface area contributed by atoms with Gasteiger partial charge in [0.2, 0.25) is 0 Å². The van der Waals surface area contributed by atoms with Crippen LogP contribution < -0.4 is 0 Å². The standard InChI is InChI=1S/C48H35N3/c1-48(2)43-25-10-9-24-41(43)42-27-26-38(31-44(42)48)36-20-11-19-35(28-36)37-21-13-23-40(30-37)47-50-45(33-16-7-4-8-17-33)49-46(51-47)39-22-12-18-34(29-39)32-14-5-3-6-15-32/h3-31H,1-2H3. The Bertz CT molecular complexity index is 2550. The molecule has 7 aromatic carbocycles. The Morgan fingerprint density at radius 1 is 0.294 bits per heavy atom. The Kier molecular flexibility index (Phi) is 7.48. The Morgan fingerprint density at radius 2 is 0.686 bits per heavy atom. The van der Waals surface area contributed by atoms with Crippen molar-refractivity contribution in [3.05, 3.63) is 187 Å². The van der Waals surface area contributed by atoms with Gasteiger partial charge in [-0.3, -0.25) is 0 Å². The molecule has 1 aliphatic rings. The molecule has 0 N–H and O–H groups in total. The second-order valence-corrected chi connectivity index (χ2v) is 13.7. The van der Waals surface area contributed by atoms with Crippen LogP contribution in [0.1, 0.15) is 25.0 Å². The third-order valence-corrected chi connectivity index (χ3v) is 10.1. The van der Waals surface area contributed by atoms with Crippen LogP contribution in [-0.2, 0) is 5.41 Å². The molecule has 1 heterocycles. The van der Waals surface area contributed by atoms with E-state index in [0.717, 1.165) is 38.9 Å². The smallest absolute Gasteiger partial charge is 0.164 e. The number of hydrogen-bond acceptors (Lipinski definition) is 3. The van der Waals surface area contributed by atoms with Crippen LogP contribution in [0, 0.1) is 0 Å². The normalized spacial score (nSPS) is 12.7. The molecule has 0 saturated heterocycles. The van der Waals surface area contributed by atoms with Crippen molar-refractivity contribution in [2.24, 2.45) is 0 Å². The number of aromatic nitrogens is 3. The van der Waals surface area contributed by atoms with Gasteiger partial charge in [0.15, 0.2) is 17.5 Å². The van der Waals surface area contributed by atoms with E-state index >= 15 is 0 Å². The fraction of sp³-hybridized carbons (Fsp3) is 0.0625. The van der Waals surface area contributed by atoms with E-state index in [1.807, 2.05) is 36.4 Å². The van der Waals surface area contributed by atoms with Gasteiger partial charge in [-0.05, 0) is 79.9 Å². The molecule has 9 rings (SSSR count). The van der Waals surface area contributed by atoms with Gasteiger partial charge in [-0.2, -0.15) is 0 Å². The van der Waals surface area contributed by atoms with E-state index in [2.05, 4.69) is 153 Å². The molecule has 1 aromatic heterocycles. The van der Waals surface area contributed by atoms with Crippen molar-refractivity contribution >= 4 is 0 Å². The van der Waals surface area contributed by atoms with Crippen molar-refractivity contribution in [2.45, 2.75) is 19.3 Å². The monoisotopic (exact) mass is 653 g/mol. The van der Waals surface area contributed by atoms with E-state index in [9.17, 15) is 0 Å². The van der Waals surface area contributed by atoms with Gasteiger partial charge in [-0.1, -0.05) is 166 Å². The highest BCUT2D eigenvalue weighted by atomic mass is 15.0. The summed E-state index contributed by atoms with van der Waals surface area (Å²) in [4.78, 5) is 15.1. The van der Waals surface area contributed by atoms with Gasteiger partial charge >= 0.3 is 0 Å². The van der Waals surface area contributed by atoms with Crippen molar-refractivity contribution in [3.8, 4) is 78.7 Å². The van der Waals surface area contributed by atoms with E-state index in [1.165, 1.54) is 33.4 Å².